The third-order valence-corrected chi connectivity index (χ3v) is 13.0. The van der Waals surface area contributed by atoms with E-state index in [0.717, 1.165) is 33.9 Å². The van der Waals surface area contributed by atoms with Gasteiger partial charge in [0.1, 0.15) is 0 Å². The Hall–Kier alpha value is -8.72. The molecule has 0 bridgehead atoms. The molecule has 0 amide bonds. The standard InChI is InChI=1S/C64H44N2/c1-3-17-45(18-4-1)52-25-16-26-55(43-52)65(54-37-35-47(36-38-54)50-23-15-24-51(41-50)53-34-33-46-19-7-8-22-49(46)42-53)56-39-40-57(61(44-56)48-20-5-2-6-21-48)58-27-9-12-30-62(58)66-63-31-13-10-28-59(63)60-29-11-14-32-64(60)66/h1-44H. The summed E-state index contributed by atoms with van der Waals surface area (Å²) in [7, 11) is 0. The van der Waals surface area contributed by atoms with Crippen LogP contribution >= 0.6 is 0 Å². The lowest BCUT2D eigenvalue weighted by Crippen LogP contribution is -2.10. The topological polar surface area (TPSA) is 8.17 Å². The van der Waals surface area contributed by atoms with Gasteiger partial charge in [0.15, 0.2) is 0 Å². The predicted molar refractivity (Wildman–Crippen MR) is 280 cm³/mol. The summed E-state index contributed by atoms with van der Waals surface area (Å²) in [5.74, 6) is 0. The highest BCUT2D eigenvalue weighted by atomic mass is 15.1. The summed E-state index contributed by atoms with van der Waals surface area (Å²) in [5.41, 5.74) is 18.5. The fourth-order valence-corrected chi connectivity index (χ4v) is 9.79. The maximum absolute atomic E-state index is 2.43. The Morgan fingerprint density at radius 2 is 0.742 bits per heavy atom. The molecule has 1 aromatic heterocycles. The number of aromatic nitrogens is 1. The lowest BCUT2D eigenvalue weighted by atomic mass is 9.92. The molecule has 0 aliphatic heterocycles. The molecule has 66 heavy (non-hydrogen) atoms. The molecule has 0 aliphatic rings. The molecule has 2 heteroatoms. The quantitative estimate of drug-likeness (QED) is 0.141. The number of hydrogen-bond acceptors (Lipinski definition) is 1. The first-order valence-electron chi connectivity index (χ1n) is 22.7. The van der Waals surface area contributed by atoms with Gasteiger partial charge in [-0.1, -0.05) is 200 Å². The molecule has 0 fully saturated rings. The van der Waals surface area contributed by atoms with E-state index in [1.165, 1.54) is 77.1 Å². The van der Waals surface area contributed by atoms with Gasteiger partial charge in [-0.05, 0) is 128 Å². The Morgan fingerprint density at radius 1 is 0.242 bits per heavy atom. The van der Waals surface area contributed by atoms with Crippen molar-refractivity contribution in [3.63, 3.8) is 0 Å². The lowest BCUT2D eigenvalue weighted by Gasteiger charge is -2.28. The van der Waals surface area contributed by atoms with Crippen LogP contribution in [0.5, 0.6) is 0 Å². The highest BCUT2D eigenvalue weighted by Crippen LogP contribution is 2.44. The van der Waals surface area contributed by atoms with E-state index in [1.54, 1.807) is 0 Å². The van der Waals surface area contributed by atoms with E-state index < -0.39 is 0 Å². The van der Waals surface area contributed by atoms with Gasteiger partial charge in [-0.25, -0.2) is 0 Å². The van der Waals surface area contributed by atoms with E-state index >= 15 is 0 Å². The van der Waals surface area contributed by atoms with Crippen molar-refractivity contribution in [1.82, 2.24) is 4.57 Å². The average Bonchev–Trinajstić information content (AvgIpc) is 3.73. The molecule has 12 rings (SSSR count). The van der Waals surface area contributed by atoms with E-state index in [2.05, 4.69) is 276 Å². The van der Waals surface area contributed by atoms with Crippen molar-refractivity contribution in [2.45, 2.75) is 0 Å². The largest absolute Gasteiger partial charge is 0.310 e. The van der Waals surface area contributed by atoms with Gasteiger partial charge in [0, 0.05) is 33.4 Å². The van der Waals surface area contributed by atoms with Gasteiger partial charge >= 0.3 is 0 Å². The Labute approximate surface area is 385 Å². The highest BCUT2D eigenvalue weighted by molar-refractivity contribution is 6.10. The van der Waals surface area contributed by atoms with Crippen molar-refractivity contribution in [2.75, 3.05) is 4.90 Å². The zero-order chi connectivity index (χ0) is 43.8. The summed E-state index contributed by atoms with van der Waals surface area (Å²) in [5, 5.41) is 5.00. The van der Waals surface area contributed by atoms with Crippen molar-refractivity contribution in [2.24, 2.45) is 0 Å². The second-order valence-electron chi connectivity index (χ2n) is 16.9. The van der Waals surface area contributed by atoms with Gasteiger partial charge in [0.25, 0.3) is 0 Å². The predicted octanol–water partition coefficient (Wildman–Crippen LogP) is 17.7. The van der Waals surface area contributed by atoms with Crippen LogP contribution in [0.1, 0.15) is 0 Å². The fraction of sp³-hybridized carbons (Fsp3) is 0. The monoisotopic (exact) mass is 840 g/mol. The molecule has 0 saturated heterocycles. The first-order valence-corrected chi connectivity index (χ1v) is 22.7. The maximum atomic E-state index is 2.43. The number of nitrogens with zero attached hydrogens (tertiary/aromatic N) is 2. The van der Waals surface area contributed by atoms with Crippen LogP contribution in [0, 0.1) is 0 Å². The summed E-state index contributed by atoms with van der Waals surface area (Å²) in [6.07, 6.45) is 0. The molecule has 0 radical (unpaired) electrons. The molecule has 11 aromatic carbocycles. The third-order valence-electron chi connectivity index (χ3n) is 13.0. The molecule has 0 spiro atoms. The van der Waals surface area contributed by atoms with Crippen LogP contribution in [0.4, 0.5) is 17.1 Å². The van der Waals surface area contributed by atoms with E-state index in [9.17, 15) is 0 Å². The zero-order valence-electron chi connectivity index (χ0n) is 36.3. The van der Waals surface area contributed by atoms with Gasteiger partial charge in [0.05, 0.1) is 16.7 Å². The molecule has 1 heterocycles. The van der Waals surface area contributed by atoms with Gasteiger partial charge in [-0.2, -0.15) is 0 Å². The SMILES string of the molecule is c1ccc(-c2cccc(N(c3ccc(-c4cccc(-c5ccc6ccccc6c5)c4)cc3)c3ccc(-c4ccccc4-n4c5ccccc5c5ccccc54)c(-c4ccccc4)c3)c2)cc1. The second kappa shape index (κ2) is 16.8. The normalized spacial score (nSPS) is 11.3. The number of para-hydroxylation sites is 3. The van der Waals surface area contributed by atoms with Crippen LogP contribution in [0.25, 0.3) is 93.9 Å². The van der Waals surface area contributed by atoms with Crippen molar-refractivity contribution in [3.8, 4) is 61.3 Å². The van der Waals surface area contributed by atoms with Crippen LogP contribution < -0.4 is 4.90 Å². The molecule has 310 valence electrons. The fourth-order valence-electron chi connectivity index (χ4n) is 9.79. The lowest BCUT2D eigenvalue weighted by molar-refractivity contribution is 1.18. The van der Waals surface area contributed by atoms with Gasteiger partial charge < -0.3 is 9.47 Å². The first kappa shape index (κ1) is 38.9. The average molecular weight is 841 g/mol. The minimum atomic E-state index is 1.07. The number of anilines is 3. The molecule has 0 atom stereocenters. The van der Waals surface area contributed by atoms with Gasteiger partial charge in [0.2, 0.25) is 0 Å². The molecule has 0 N–H and O–H groups in total. The number of fused-ring (bicyclic) bond motifs is 4. The summed E-state index contributed by atoms with van der Waals surface area (Å²) in [4.78, 5) is 2.40. The molecule has 2 nitrogen and oxygen atoms in total. The summed E-state index contributed by atoms with van der Waals surface area (Å²) >= 11 is 0. The summed E-state index contributed by atoms with van der Waals surface area (Å²) < 4.78 is 2.43. The van der Waals surface area contributed by atoms with Crippen LogP contribution in [0.15, 0.2) is 267 Å². The number of hydrogen-bond donors (Lipinski definition) is 0. The minimum absolute atomic E-state index is 1.07. The number of benzene rings is 11. The van der Waals surface area contributed by atoms with Gasteiger partial charge in [-0.3, -0.25) is 0 Å². The third kappa shape index (κ3) is 7.12. The molecule has 0 saturated carbocycles. The summed E-state index contributed by atoms with van der Waals surface area (Å²) in [6, 6.07) is 97.0. The van der Waals surface area contributed by atoms with Crippen molar-refractivity contribution in [1.29, 1.82) is 0 Å². The second-order valence-corrected chi connectivity index (χ2v) is 16.9. The molecule has 0 unspecified atom stereocenters. The molecule has 0 aliphatic carbocycles. The van der Waals surface area contributed by atoms with Crippen LogP contribution in [0.2, 0.25) is 0 Å². The molecular weight excluding hydrogens is 797 g/mol. The highest BCUT2D eigenvalue weighted by Gasteiger charge is 2.21. The van der Waals surface area contributed by atoms with Gasteiger partial charge in [-0.15, -0.1) is 0 Å². The Morgan fingerprint density at radius 3 is 1.48 bits per heavy atom. The Balaban J connectivity index is 1.00. The Kier molecular flexibility index (Phi) is 9.89. The van der Waals surface area contributed by atoms with Crippen LogP contribution in [0.3, 0.4) is 0 Å². The van der Waals surface area contributed by atoms with E-state index in [4.69, 9.17) is 0 Å². The van der Waals surface area contributed by atoms with Crippen molar-refractivity contribution >= 4 is 49.6 Å². The zero-order valence-corrected chi connectivity index (χ0v) is 36.3. The summed E-state index contributed by atoms with van der Waals surface area (Å²) in [6.45, 7) is 0. The van der Waals surface area contributed by atoms with E-state index in [-0.39, 0.29) is 0 Å². The first-order chi connectivity index (χ1) is 32.7. The smallest absolute Gasteiger partial charge is 0.0541 e. The maximum Gasteiger partial charge on any atom is 0.0541 e. The molecular formula is C64H44N2. The minimum Gasteiger partial charge on any atom is -0.310 e. The van der Waals surface area contributed by atoms with Crippen LogP contribution in [-0.4, -0.2) is 4.57 Å². The molecule has 12 aromatic rings. The van der Waals surface area contributed by atoms with E-state index in [1.807, 2.05) is 0 Å². The van der Waals surface area contributed by atoms with Crippen LogP contribution in [-0.2, 0) is 0 Å². The Bertz CT molecular complexity index is 3640. The number of rotatable bonds is 9. The van der Waals surface area contributed by atoms with E-state index in [0.29, 0.717) is 0 Å². The van der Waals surface area contributed by atoms with Crippen molar-refractivity contribution < 1.29 is 0 Å². The van der Waals surface area contributed by atoms with Crippen molar-refractivity contribution in [3.05, 3.63) is 267 Å².